The van der Waals surface area contributed by atoms with E-state index >= 15 is 0 Å². The Balaban J connectivity index is 2.77. The van der Waals surface area contributed by atoms with Gasteiger partial charge in [-0.1, -0.05) is 6.92 Å². The Morgan fingerprint density at radius 1 is 1.24 bits per heavy atom. The monoisotopic (exact) mass is 294 g/mol. The van der Waals surface area contributed by atoms with Gasteiger partial charge in [0, 0.05) is 12.6 Å². The van der Waals surface area contributed by atoms with Crippen molar-refractivity contribution in [2.75, 3.05) is 20.8 Å². The Labute approximate surface area is 124 Å². The SMILES string of the molecule is CCCNC(=O)[C@H](C)NC(=O)c1ccc(OC)cc1OC. The average molecular weight is 294 g/mol. The number of carbonyl (C=O) groups excluding carboxylic acids is 2. The molecular weight excluding hydrogens is 272 g/mol. The second-order valence-electron chi connectivity index (χ2n) is 4.55. The lowest BCUT2D eigenvalue weighted by Crippen LogP contribution is -2.45. The molecule has 1 aromatic carbocycles. The molecule has 0 bridgehead atoms. The maximum absolute atomic E-state index is 12.2. The van der Waals surface area contributed by atoms with Crippen molar-refractivity contribution in [3.8, 4) is 11.5 Å². The minimum Gasteiger partial charge on any atom is -0.497 e. The molecule has 116 valence electrons. The molecule has 1 aromatic rings. The Morgan fingerprint density at radius 2 is 1.95 bits per heavy atom. The van der Waals surface area contributed by atoms with Gasteiger partial charge in [0.05, 0.1) is 19.8 Å². The minimum atomic E-state index is -0.615. The molecule has 1 rings (SSSR count). The summed E-state index contributed by atoms with van der Waals surface area (Å²) in [6.07, 6.45) is 0.846. The summed E-state index contributed by atoms with van der Waals surface area (Å²) in [4.78, 5) is 23.9. The van der Waals surface area contributed by atoms with Crippen molar-refractivity contribution in [2.24, 2.45) is 0 Å². The summed E-state index contributed by atoms with van der Waals surface area (Å²) in [6.45, 7) is 4.19. The molecule has 2 amide bonds. The van der Waals surface area contributed by atoms with Crippen LogP contribution < -0.4 is 20.1 Å². The van der Waals surface area contributed by atoms with Gasteiger partial charge in [-0.05, 0) is 25.5 Å². The van der Waals surface area contributed by atoms with E-state index < -0.39 is 6.04 Å². The normalized spacial score (nSPS) is 11.4. The topological polar surface area (TPSA) is 76.7 Å². The van der Waals surface area contributed by atoms with E-state index in [1.165, 1.54) is 14.2 Å². The Bertz CT molecular complexity index is 502. The van der Waals surface area contributed by atoms with Gasteiger partial charge in [-0.15, -0.1) is 0 Å². The highest BCUT2D eigenvalue weighted by Gasteiger charge is 2.19. The molecule has 6 heteroatoms. The number of carbonyl (C=O) groups is 2. The summed E-state index contributed by atoms with van der Waals surface area (Å²) < 4.78 is 10.3. The van der Waals surface area contributed by atoms with Crippen LogP contribution in [0.3, 0.4) is 0 Å². The minimum absolute atomic E-state index is 0.210. The van der Waals surface area contributed by atoms with Crippen LogP contribution in [0.1, 0.15) is 30.6 Å². The van der Waals surface area contributed by atoms with Gasteiger partial charge in [-0.25, -0.2) is 0 Å². The third-order valence-corrected chi connectivity index (χ3v) is 2.94. The van der Waals surface area contributed by atoms with E-state index in [1.54, 1.807) is 25.1 Å². The molecule has 0 heterocycles. The molecule has 0 aliphatic heterocycles. The van der Waals surface area contributed by atoms with Crippen molar-refractivity contribution in [3.63, 3.8) is 0 Å². The van der Waals surface area contributed by atoms with Gasteiger partial charge in [-0.2, -0.15) is 0 Å². The Kier molecular flexibility index (Phi) is 6.52. The van der Waals surface area contributed by atoms with Crippen LogP contribution in [0.2, 0.25) is 0 Å². The number of hydrogen-bond acceptors (Lipinski definition) is 4. The van der Waals surface area contributed by atoms with E-state index in [-0.39, 0.29) is 11.8 Å². The van der Waals surface area contributed by atoms with Gasteiger partial charge in [0.1, 0.15) is 17.5 Å². The molecule has 0 saturated carbocycles. The van der Waals surface area contributed by atoms with Crippen LogP contribution in [0, 0.1) is 0 Å². The third kappa shape index (κ3) is 4.66. The molecule has 1 atom stereocenters. The van der Waals surface area contributed by atoms with Gasteiger partial charge in [-0.3, -0.25) is 9.59 Å². The molecule has 2 N–H and O–H groups in total. The number of methoxy groups -OCH3 is 2. The fourth-order valence-corrected chi connectivity index (χ4v) is 1.73. The molecule has 0 aliphatic carbocycles. The highest BCUT2D eigenvalue weighted by molar-refractivity contribution is 5.99. The number of hydrogen-bond donors (Lipinski definition) is 2. The Hall–Kier alpha value is -2.24. The summed E-state index contributed by atoms with van der Waals surface area (Å²) in [6, 6.07) is 4.27. The van der Waals surface area contributed by atoms with Crippen LogP contribution in [0.15, 0.2) is 18.2 Å². The zero-order valence-corrected chi connectivity index (χ0v) is 12.9. The van der Waals surface area contributed by atoms with Crippen molar-refractivity contribution in [1.29, 1.82) is 0 Å². The zero-order chi connectivity index (χ0) is 15.8. The van der Waals surface area contributed by atoms with Crippen LogP contribution in [0.4, 0.5) is 0 Å². The average Bonchev–Trinajstić information content (AvgIpc) is 2.51. The number of nitrogens with one attached hydrogen (secondary N) is 2. The smallest absolute Gasteiger partial charge is 0.255 e. The lowest BCUT2D eigenvalue weighted by molar-refractivity contribution is -0.122. The van der Waals surface area contributed by atoms with Gasteiger partial charge in [0.25, 0.3) is 5.91 Å². The number of amides is 2. The predicted molar refractivity (Wildman–Crippen MR) is 79.8 cm³/mol. The van der Waals surface area contributed by atoms with E-state index in [4.69, 9.17) is 9.47 Å². The fourth-order valence-electron chi connectivity index (χ4n) is 1.73. The summed E-state index contributed by atoms with van der Waals surface area (Å²) in [5, 5.41) is 5.38. The molecule has 0 aliphatic rings. The lowest BCUT2D eigenvalue weighted by Gasteiger charge is -2.15. The lowest BCUT2D eigenvalue weighted by atomic mass is 10.1. The molecular formula is C15H22N2O4. The molecule has 0 radical (unpaired) electrons. The Morgan fingerprint density at radius 3 is 2.52 bits per heavy atom. The fraction of sp³-hybridized carbons (Fsp3) is 0.467. The highest BCUT2D eigenvalue weighted by atomic mass is 16.5. The van der Waals surface area contributed by atoms with E-state index in [1.807, 2.05) is 6.92 Å². The standard InChI is InChI=1S/C15H22N2O4/c1-5-8-16-14(18)10(2)17-15(19)12-7-6-11(20-3)9-13(12)21-4/h6-7,9-10H,5,8H2,1-4H3,(H,16,18)(H,17,19)/t10-/m0/s1. The van der Waals surface area contributed by atoms with Gasteiger partial charge >= 0.3 is 0 Å². The van der Waals surface area contributed by atoms with E-state index in [9.17, 15) is 9.59 Å². The first kappa shape index (κ1) is 16.8. The third-order valence-electron chi connectivity index (χ3n) is 2.94. The van der Waals surface area contributed by atoms with Crippen molar-refractivity contribution >= 4 is 11.8 Å². The predicted octanol–water partition coefficient (Wildman–Crippen LogP) is 1.35. The second kappa shape index (κ2) is 8.14. The van der Waals surface area contributed by atoms with Gasteiger partial charge < -0.3 is 20.1 Å². The first-order valence-electron chi connectivity index (χ1n) is 6.84. The zero-order valence-electron chi connectivity index (χ0n) is 12.9. The first-order valence-corrected chi connectivity index (χ1v) is 6.84. The maximum Gasteiger partial charge on any atom is 0.255 e. The molecule has 21 heavy (non-hydrogen) atoms. The number of benzene rings is 1. The summed E-state index contributed by atoms with van der Waals surface area (Å²) in [7, 11) is 3.01. The summed E-state index contributed by atoms with van der Waals surface area (Å²) in [5.74, 6) is 0.413. The van der Waals surface area contributed by atoms with E-state index in [2.05, 4.69) is 10.6 Å². The number of ether oxygens (including phenoxy) is 2. The van der Waals surface area contributed by atoms with Crippen LogP contribution in [-0.2, 0) is 4.79 Å². The van der Waals surface area contributed by atoms with Gasteiger partial charge in [0.2, 0.25) is 5.91 Å². The first-order chi connectivity index (χ1) is 10.0. The molecule has 0 unspecified atom stereocenters. The molecule has 6 nitrogen and oxygen atoms in total. The van der Waals surface area contributed by atoms with Crippen LogP contribution >= 0.6 is 0 Å². The molecule has 0 fully saturated rings. The summed E-state index contributed by atoms with van der Waals surface area (Å²) >= 11 is 0. The highest BCUT2D eigenvalue weighted by Crippen LogP contribution is 2.24. The molecule has 0 spiro atoms. The molecule has 0 aromatic heterocycles. The second-order valence-corrected chi connectivity index (χ2v) is 4.55. The quantitative estimate of drug-likeness (QED) is 0.796. The number of rotatable bonds is 7. The van der Waals surface area contributed by atoms with Crippen molar-refractivity contribution < 1.29 is 19.1 Å². The van der Waals surface area contributed by atoms with Crippen LogP contribution in [-0.4, -0.2) is 38.6 Å². The van der Waals surface area contributed by atoms with Crippen molar-refractivity contribution in [2.45, 2.75) is 26.3 Å². The van der Waals surface area contributed by atoms with E-state index in [0.717, 1.165) is 6.42 Å². The van der Waals surface area contributed by atoms with E-state index in [0.29, 0.717) is 23.6 Å². The largest absolute Gasteiger partial charge is 0.497 e. The van der Waals surface area contributed by atoms with Gasteiger partial charge in [0.15, 0.2) is 0 Å². The van der Waals surface area contributed by atoms with Crippen molar-refractivity contribution in [1.82, 2.24) is 10.6 Å². The molecule has 0 saturated heterocycles. The summed E-state index contributed by atoms with van der Waals surface area (Å²) in [5.41, 5.74) is 0.355. The maximum atomic E-state index is 12.2. The van der Waals surface area contributed by atoms with Crippen LogP contribution in [0.5, 0.6) is 11.5 Å². The van der Waals surface area contributed by atoms with Crippen LogP contribution in [0.25, 0.3) is 0 Å². The van der Waals surface area contributed by atoms with Crippen molar-refractivity contribution in [3.05, 3.63) is 23.8 Å².